The van der Waals surface area contributed by atoms with Gasteiger partial charge >= 0.3 is 6.03 Å². The summed E-state index contributed by atoms with van der Waals surface area (Å²) in [5, 5.41) is 3.69. The Balaban J connectivity index is 1.91. The second-order valence-electron chi connectivity index (χ2n) is 5.86. The number of anilines is 2. The Morgan fingerprint density at radius 2 is 1.56 bits per heavy atom. The summed E-state index contributed by atoms with van der Waals surface area (Å²) in [4.78, 5) is 26.9. The third kappa shape index (κ3) is 4.48. The summed E-state index contributed by atoms with van der Waals surface area (Å²) in [6, 6.07) is 20.1. The highest BCUT2D eigenvalue weighted by Crippen LogP contribution is 2.27. The highest BCUT2D eigenvalue weighted by Gasteiger charge is 2.20. The molecule has 27 heavy (non-hydrogen) atoms. The van der Waals surface area contributed by atoms with E-state index in [-0.39, 0.29) is 5.78 Å². The van der Waals surface area contributed by atoms with Crippen LogP contribution in [0.3, 0.4) is 0 Å². The Morgan fingerprint density at radius 1 is 0.852 bits per heavy atom. The molecule has 3 aromatic rings. The zero-order valence-corrected chi connectivity index (χ0v) is 16.0. The van der Waals surface area contributed by atoms with Crippen LogP contribution in [0.5, 0.6) is 0 Å². The highest BCUT2D eigenvalue weighted by atomic mass is 35.5. The fourth-order valence-electron chi connectivity index (χ4n) is 2.61. The number of nitrogens with one attached hydrogen (secondary N) is 1. The smallest absolute Gasteiger partial charge is 0.307 e. The molecule has 0 aliphatic heterocycles. The van der Waals surface area contributed by atoms with Crippen molar-refractivity contribution in [3.63, 3.8) is 0 Å². The first kappa shape index (κ1) is 19.0. The van der Waals surface area contributed by atoms with Gasteiger partial charge in [0.25, 0.3) is 0 Å². The summed E-state index contributed by atoms with van der Waals surface area (Å²) in [5.41, 5.74) is 1.87. The van der Waals surface area contributed by atoms with Crippen LogP contribution in [0.1, 0.15) is 15.9 Å². The van der Waals surface area contributed by atoms with Crippen LogP contribution in [0.4, 0.5) is 16.2 Å². The summed E-state index contributed by atoms with van der Waals surface area (Å²) in [5.74, 6) is -0.212. The van der Waals surface area contributed by atoms with Crippen molar-refractivity contribution in [2.75, 3.05) is 17.3 Å². The number of amides is 2. The van der Waals surface area contributed by atoms with E-state index < -0.39 is 6.03 Å². The SMILES string of the molecule is CN(C(=O)Nc1cccc(Cl)c1)c1ccc(Cl)cc1C(=O)c1ccccc1. The normalized spacial score (nSPS) is 10.3. The largest absolute Gasteiger partial charge is 0.326 e. The van der Waals surface area contributed by atoms with Gasteiger partial charge in [0.2, 0.25) is 0 Å². The second-order valence-corrected chi connectivity index (χ2v) is 6.73. The zero-order valence-electron chi connectivity index (χ0n) is 14.4. The van der Waals surface area contributed by atoms with Crippen molar-refractivity contribution >= 4 is 46.4 Å². The van der Waals surface area contributed by atoms with Crippen LogP contribution in [0.15, 0.2) is 72.8 Å². The predicted molar refractivity (Wildman–Crippen MR) is 110 cm³/mol. The standard InChI is InChI=1S/C21H16Cl2N2O2/c1-25(21(27)24-17-9-5-8-15(22)12-17)19-11-10-16(23)13-18(19)20(26)14-6-3-2-4-7-14/h2-13H,1H3,(H,24,27). The van der Waals surface area contributed by atoms with Gasteiger partial charge in [0.15, 0.2) is 5.78 Å². The molecule has 2 amide bonds. The molecule has 0 spiro atoms. The Bertz CT molecular complexity index is 990. The maximum Gasteiger partial charge on any atom is 0.326 e. The van der Waals surface area contributed by atoms with Gasteiger partial charge in [-0.1, -0.05) is 59.6 Å². The Hall–Kier alpha value is -2.82. The van der Waals surface area contributed by atoms with Crippen molar-refractivity contribution in [2.45, 2.75) is 0 Å². The molecule has 0 heterocycles. The number of urea groups is 1. The molecule has 0 aliphatic carbocycles. The summed E-state index contributed by atoms with van der Waals surface area (Å²) < 4.78 is 0. The number of ketones is 1. The van der Waals surface area contributed by atoms with Gasteiger partial charge in [0.05, 0.1) is 5.69 Å². The molecule has 6 heteroatoms. The molecule has 3 rings (SSSR count). The lowest BCUT2D eigenvalue weighted by Crippen LogP contribution is -2.32. The van der Waals surface area contributed by atoms with Crippen LogP contribution in [0.25, 0.3) is 0 Å². The minimum atomic E-state index is -0.401. The average molecular weight is 399 g/mol. The van der Waals surface area contributed by atoms with Crippen LogP contribution >= 0.6 is 23.2 Å². The number of hydrogen-bond acceptors (Lipinski definition) is 2. The quantitative estimate of drug-likeness (QED) is 0.556. The number of halogens is 2. The van der Waals surface area contributed by atoms with Gasteiger partial charge in [-0.05, 0) is 36.4 Å². The highest BCUT2D eigenvalue weighted by molar-refractivity contribution is 6.31. The zero-order chi connectivity index (χ0) is 19.4. The van der Waals surface area contributed by atoms with E-state index in [4.69, 9.17) is 23.2 Å². The summed E-state index contributed by atoms with van der Waals surface area (Å²) >= 11 is 12.0. The van der Waals surface area contributed by atoms with E-state index in [1.54, 1.807) is 73.8 Å². The van der Waals surface area contributed by atoms with E-state index in [9.17, 15) is 9.59 Å². The fourth-order valence-corrected chi connectivity index (χ4v) is 2.97. The monoisotopic (exact) mass is 398 g/mol. The van der Waals surface area contributed by atoms with E-state index in [1.807, 2.05) is 6.07 Å². The van der Waals surface area contributed by atoms with Gasteiger partial charge < -0.3 is 5.32 Å². The van der Waals surface area contributed by atoms with Crippen LogP contribution in [-0.2, 0) is 0 Å². The minimum Gasteiger partial charge on any atom is -0.307 e. The number of rotatable bonds is 4. The molecule has 0 aliphatic rings. The first-order chi connectivity index (χ1) is 13.0. The van der Waals surface area contributed by atoms with E-state index in [0.29, 0.717) is 32.5 Å². The molecule has 4 nitrogen and oxygen atoms in total. The van der Waals surface area contributed by atoms with Crippen molar-refractivity contribution in [3.05, 3.63) is 94.0 Å². The fraction of sp³-hybridized carbons (Fsp3) is 0.0476. The molecule has 136 valence electrons. The molecule has 0 aromatic heterocycles. The number of benzene rings is 3. The lowest BCUT2D eigenvalue weighted by Gasteiger charge is -2.21. The number of hydrogen-bond donors (Lipinski definition) is 1. The van der Waals surface area contributed by atoms with Gasteiger partial charge in [0.1, 0.15) is 0 Å². The third-order valence-electron chi connectivity index (χ3n) is 3.98. The van der Waals surface area contributed by atoms with Crippen LogP contribution in [-0.4, -0.2) is 18.9 Å². The first-order valence-corrected chi connectivity index (χ1v) is 8.91. The Kier molecular flexibility index (Phi) is 5.79. The molecular formula is C21H16Cl2N2O2. The maximum atomic E-state index is 12.9. The van der Waals surface area contributed by atoms with Gasteiger partial charge in [0, 0.05) is 33.9 Å². The van der Waals surface area contributed by atoms with Gasteiger partial charge in [-0.15, -0.1) is 0 Å². The maximum absolute atomic E-state index is 12.9. The van der Waals surface area contributed by atoms with E-state index in [0.717, 1.165) is 0 Å². The van der Waals surface area contributed by atoms with Crippen molar-refractivity contribution in [1.29, 1.82) is 0 Å². The molecule has 0 saturated heterocycles. The molecular weight excluding hydrogens is 383 g/mol. The van der Waals surface area contributed by atoms with Gasteiger partial charge in [-0.3, -0.25) is 9.69 Å². The predicted octanol–water partition coefficient (Wildman–Crippen LogP) is 5.89. The lowest BCUT2D eigenvalue weighted by atomic mass is 10.0. The molecule has 0 atom stereocenters. The number of carbonyl (C=O) groups is 2. The average Bonchev–Trinajstić information content (AvgIpc) is 2.67. The number of carbonyl (C=O) groups excluding carboxylic acids is 2. The van der Waals surface area contributed by atoms with E-state index >= 15 is 0 Å². The van der Waals surface area contributed by atoms with Crippen molar-refractivity contribution < 1.29 is 9.59 Å². The Labute approximate surface area is 167 Å². The number of nitrogens with zero attached hydrogens (tertiary/aromatic N) is 1. The van der Waals surface area contributed by atoms with E-state index in [2.05, 4.69) is 5.32 Å². The molecule has 1 N–H and O–H groups in total. The molecule has 0 radical (unpaired) electrons. The van der Waals surface area contributed by atoms with Crippen molar-refractivity contribution in [1.82, 2.24) is 0 Å². The Morgan fingerprint density at radius 3 is 2.26 bits per heavy atom. The minimum absolute atomic E-state index is 0.212. The van der Waals surface area contributed by atoms with Crippen LogP contribution in [0.2, 0.25) is 10.0 Å². The van der Waals surface area contributed by atoms with Gasteiger partial charge in [-0.2, -0.15) is 0 Å². The molecule has 0 unspecified atom stereocenters. The molecule has 3 aromatic carbocycles. The third-order valence-corrected chi connectivity index (χ3v) is 4.45. The van der Waals surface area contributed by atoms with E-state index in [1.165, 1.54) is 4.90 Å². The molecule has 0 fully saturated rings. The van der Waals surface area contributed by atoms with Crippen molar-refractivity contribution in [2.24, 2.45) is 0 Å². The lowest BCUT2D eigenvalue weighted by molar-refractivity contribution is 0.103. The summed E-state index contributed by atoms with van der Waals surface area (Å²) in [6.45, 7) is 0. The van der Waals surface area contributed by atoms with Crippen LogP contribution < -0.4 is 10.2 Å². The topological polar surface area (TPSA) is 49.4 Å². The summed E-state index contributed by atoms with van der Waals surface area (Å²) in [7, 11) is 1.59. The van der Waals surface area contributed by atoms with Crippen molar-refractivity contribution in [3.8, 4) is 0 Å². The molecule has 0 bridgehead atoms. The van der Waals surface area contributed by atoms with Crippen LogP contribution in [0, 0.1) is 0 Å². The van der Waals surface area contributed by atoms with Gasteiger partial charge in [-0.25, -0.2) is 4.79 Å². The summed E-state index contributed by atoms with van der Waals surface area (Å²) in [6.07, 6.45) is 0. The first-order valence-electron chi connectivity index (χ1n) is 8.15. The molecule has 0 saturated carbocycles. The second kappa shape index (κ2) is 8.25.